The van der Waals surface area contributed by atoms with Crippen molar-refractivity contribution >= 4 is 11.5 Å². The number of nitrogens with zero attached hydrogens (tertiary/aromatic N) is 3. The maximum absolute atomic E-state index is 11.5. The zero-order chi connectivity index (χ0) is 15.9. The smallest absolute Gasteiger partial charge is 0.356 e. The quantitative estimate of drug-likeness (QED) is 0.947. The Balaban J connectivity index is 1.99. The highest BCUT2D eigenvalue weighted by molar-refractivity contribution is 5.93. The van der Waals surface area contributed by atoms with Gasteiger partial charge in [-0.2, -0.15) is 0 Å². The molecule has 0 saturated carbocycles. The van der Waals surface area contributed by atoms with E-state index in [0.717, 1.165) is 37.4 Å². The Morgan fingerprint density at radius 3 is 2.59 bits per heavy atom. The number of carboxylic acid groups (broad SMARTS) is 1. The minimum absolute atomic E-state index is 0.171. The van der Waals surface area contributed by atoms with Gasteiger partial charge in [-0.3, -0.25) is 4.40 Å². The molecule has 0 aliphatic carbocycles. The average molecular weight is 301 g/mol. The van der Waals surface area contributed by atoms with Crippen LogP contribution in [0.4, 0.5) is 0 Å². The molecule has 1 saturated heterocycles. The molecular formula is C17H23N3O2. The van der Waals surface area contributed by atoms with Gasteiger partial charge in [-0.15, -0.1) is 0 Å². The van der Waals surface area contributed by atoms with Gasteiger partial charge in [0.15, 0.2) is 5.69 Å². The molecule has 0 atom stereocenters. The number of rotatable bonds is 3. The molecule has 22 heavy (non-hydrogen) atoms. The van der Waals surface area contributed by atoms with Gasteiger partial charge in [0, 0.05) is 17.7 Å². The van der Waals surface area contributed by atoms with Crippen LogP contribution < -0.4 is 0 Å². The Morgan fingerprint density at radius 1 is 1.32 bits per heavy atom. The van der Waals surface area contributed by atoms with Crippen LogP contribution in [0.15, 0.2) is 18.2 Å². The van der Waals surface area contributed by atoms with Crippen LogP contribution in [0.2, 0.25) is 0 Å². The number of aryl methyl sites for hydroxylation is 1. The summed E-state index contributed by atoms with van der Waals surface area (Å²) in [5.74, 6) is 0.291. The monoisotopic (exact) mass is 301 g/mol. The van der Waals surface area contributed by atoms with Crippen molar-refractivity contribution in [3.8, 4) is 0 Å². The fraction of sp³-hybridized carbons (Fsp3) is 0.529. The first-order valence-corrected chi connectivity index (χ1v) is 7.94. The van der Waals surface area contributed by atoms with Crippen molar-refractivity contribution in [2.45, 2.75) is 45.6 Å². The number of hydrogen-bond donors (Lipinski definition) is 1. The lowest BCUT2D eigenvalue weighted by molar-refractivity contribution is 0.0693. The normalized spacial score (nSPS) is 17.5. The van der Waals surface area contributed by atoms with E-state index in [1.54, 1.807) is 0 Å². The highest BCUT2D eigenvalue weighted by Gasteiger charge is 2.27. The molecule has 1 aliphatic heterocycles. The van der Waals surface area contributed by atoms with Crippen molar-refractivity contribution in [2.75, 3.05) is 13.1 Å². The van der Waals surface area contributed by atoms with Crippen LogP contribution in [-0.4, -0.2) is 44.5 Å². The number of aromatic carboxylic acids is 1. The number of pyridine rings is 1. The summed E-state index contributed by atoms with van der Waals surface area (Å²) in [6.45, 7) is 8.54. The van der Waals surface area contributed by atoms with E-state index in [2.05, 4.69) is 23.7 Å². The van der Waals surface area contributed by atoms with Crippen molar-refractivity contribution in [2.24, 2.45) is 0 Å². The number of aromatic nitrogens is 2. The maximum Gasteiger partial charge on any atom is 0.356 e. The predicted octanol–water partition coefficient (Wildman–Crippen LogP) is 2.93. The molecule has 3 heterocycles. The summed E-state index contributed by atoms with van der Waals surface area (Å²) in [6.07, 6.45) is 2.06. The molecule has 0 radical (unpaired) electrons. The Kier molecular flexibility index (Phi) is 3.91. The van der Waals surface area contributed by atoms with Crippen molar-refractivity contribution in [3.05, 3.63) is 35.4 Å². The molecule has 5 nitrogen and oxygen atoms in total. The molecular weight excluding hydrogens is 278 g/mol. The standard InChI is InChI=1S/C17H23N3O2/c1-11(2)19-9-7-13(8-10-19)16-18-15(17(21)22)14-6-4-5-12(3)20(14)16/h4-6,11,13H,7-10H2,1-3H3,(H,21,22). The van der Waals surface area contributed by atoms with Crippen LogP contribution in [0.5, 0.6) is 0 Å². The third kappa shape index (κ3) is 2.50. The second-order valence-corrected chi connectivity index (χ2v) is 6.42. The van der Waals surface area contributed by atoms with Crippen LogP contribution in [-0.2, 0) is 0 Å². The van der Waals surface area contributed by atoms with Gasteiger partial charge in [0.2, 0.25) is 0 Å². The van der Waals surface area contributed by atoms with E-state index in [-0.39, 0.29) is 5.69 Å². The third-order valence-corrected chi connectivity index (χ3v) is 4.71. The van der Waals surface area contributed by atoms with Crippen LogP contribution in [0.3, 0.4) is 0 Å². The molecule has 3 rings (SSSR count). The summed E-state index contributed by atoms with van der Waals surface area (Å²) < 4.78 is 2.03. The van der Waals surface area contributed by atoms with Gasteiger partial charge < -0.3 is 10.0 Å². The Labute approximate surface area is 130 Å². The van der Waals surface area contributed by atoms with E-state index in [1.165, 1.54) is 0 Å². The van der Waals surface area contributed by atoms with E-state index in [9.17, 15) is 9.90 Å². The molecule has 0 amide bonds. The molecule has 1 N–H and O–H groups in total. The predicted molar refractivity (Wildman–Crippen MR) is 85.6 cm³/mol. The summed E-state index contributed by atoms with van der Waals surface area (Å²) in [6, 6.07) is 6.31. The average Bonchev–Trinajstić information content (AvgIpc) is 2.88. The highest BCUT2D eigenvalue weighted by atomic mass is 16.4. The Morgan fingerprint density at radius 2 is 2.00 bits per heavy atom. The van der Waals surface area contributed by atoms with Gasteiger partial charge >= 0.3 is 5.97 Å². The summed E-state index contributed by atoms with van der Waals surface area (Å²) in [4.78, 5) is 18.4. The van der Waals surface area contributed by atoms with Crippen molar-refractivity contribution in [3.63, 3.8) is 0 Å². The molecule has 1 aliphatic rings. The molecule has 0 bridgehead atoms. The number of carbonyl (C=O) groups is 1. The van der Waals surface area contributed by atoms with E-state index in [4.69, 9.17) is 0 Å². The molecule has 2 aromatic heterocycles. The molecule has 2 aromatic rings. The summed E-state index contributed by atoms with van der Waals surface area (Å²) in [5.41, 5.74) is 1.91. The van der Waals surface area contributed by atoms with Gasteiger partial charge in [-0.05, 0) is 58.8 Å². The zero-order valence-electron chi connectivity index (χ0n) is 13.4. The van der Waals surface area contributed by atoms with Gasteiger partial charge in [0.05, 0.1) is 5.52 Å². The second-order valence-electron chi connectivity index (χ2n) is 6.42. The maximum atomic E-state index is 11.5. The topological polar surface area (TPSA) is 57.8 Å². The Hall–Kier alpha value is -1.88. The molecule has 0 spiro atoms. The first kappa shape index (κ1) is 15.0. The van der Waals surface area contributed by atoms with Crippen molar-refractivity contribution in [1.82, 2.24) is 14.3 Å². The largest absolute Gasteiger partial charge is 0.476 e. The Bertz CT molecular complexity index is 697. The lowest BCUT2D eigenvalue weighted by Crippen LogP contribution is -2.38. The number of piperidine rings is 1. The fourth-order valence-electron chi connectivity index (χ4n) is 3.43. The van der Waals surface area contributed by atoms with E-state index in [1.807, 2.05) is 29.5 Å². The summed E-state index contributed by atoms with van der Waals surface area (Å²) >= 11 is 0. The fourth-order valence-corrected chi connectivity index (χ4v) is 3.43. The highest BCUT2D eigenvalue weighted by Crippen LogP contribution is 2.30. The second kappa shape index (κ2) is 5.72. The minimum atomic E-state index is -0.950. The van der Waals surface area contributed by atoms with Gasteiger partial charge in [0.25, 0.3) is 0 Å². The van der Waals surface area contributed by atoms with Crippen molar-refractivity contribution < 1.29 is 9.90 Å². The molecule has 0 unspecified atom stereocenters. The number of imidazole rings is 1. The van der Waals surface area contributed by atoms with Gasteiger partial charge in [-0.1, -0.05) is 6.07 Å². The molecule has 5 heteroatoms. The minimum Gasteiger partial charge on any atom is -0.476 e. The van der Waals surface area contributed by atoms with E-state index >= 15 is 0 Å². The molecule has 118 valence electrons. The third-order valence-electron chi connectivity index (χ3n) is 4.71. The number of carboxylic acids is 1. The van der Waals surface area contributed by atoms with Gasteiger partial charge in [0.1, 0.15) is 5.82 Å². The van der Waals surface area contributed by atoms with Crippen molar-refractivity contribution in [1.29, 1.82) is 0 Å². The SMILES string of the molecule is Cc1cccc2c(C(=O)O)nc(C3CCN(C(C)C)CC3)n12. The molecule has 1 fully saturated rings. The van der Waals surface area contributed by atoms with Crippen LogP contribution >= 0.6 is 0 Å². The zero-order valence-corrected chi connectivity index (χ0v) is 13.4. The first-order chi connectivity index (χ1) is 10.5. The van der Waals surface area contributed by atoms with Gasteiger partial charge in [-0.25, -0.2) is 9.78 Å². The molecule has 0 aromatic carbocycles. The summed E-state index contributed by atoms with van der Waals surface area (Å²) in [5, 5.41) is 9.42. The van der Waals surface area contributed by atoms with Crippen LogP contribution in [0.1, 0.15) is 54.6 Å². The summed E-state index contributed by atoms with van der Waals surface area (Å²) in [7, 11) is 0. The van der Waals surface area contributed by atoms with Crippen LogP contribution in [0.25, 0.3) is 5.52 Å². The number of hydrogen-bond acceptors (Lipinski definition) is 3. The number of fused-ring (bicyclic) bond motifs is 1. The van der Waals surface area contributed by atoms with Crippen LogP contribution in [0, 0.1) is 6.92 Å². The lowest BCUT2D eigenvalue weighted by Gasteiger charge is -2.34. The lowest BCUT2D eigenvalue weighted by atomic mass is 9.95. The first-order valence-electron chi connectivity index (χ1n) is 7.94. The van der Waals surface area contributed by atoms with E-state index < -0.39 is 5.97 Å². The van der Waals surface area contributed by atoms with E-state index in [0.29, 0.717) is 17.5 Å². The number of likely N-dealkylation sites (tertiary alicyclic amines) is 1.